The first kappa shape index (κ1) is 10.9. The van der Waals surface area contributed by atoms with Crippen molar-refractivity contribution in [2.75, 3.05) is 0 Å². The van der Waals surface area contributed by atoms with E-state index < -0.39 is 0 Å². The molecule has 0 fully saturated rings. The zero-order valence-electron chi connectivity index (χ0n) is 9.01. The van der Waals surface area contributed by atoms with Crippen LogP contribution < -0.4 is 5.56 Å². The highest BCUT2D eigenvalue weighted by Gasteiger charge is 2.11. The summed E-state index contributed by atoms with van der Waals surface area (Å²) in [6, 6.07) is 1.42. The van der Waals surface area contributed by atoms with Crippen LogP contribution in [0.15, 0.2) is 23.4 Å². The summed E-state index contributed by atoms with van der Waals surface area (Å²) in [5.74, 6) is 0. The second-order valence-electron chi connectivity index (χ2n) is 3.52. The fourth-order valence-electron chi connectivity index (χ4n) is 1.52. The molecule has 0 aromatic carbocycles. The van der Waals surface area contributed by atoms with E-state index in [9.17, 15) is 4.79 Å². The highest BCUT2D eigenvalue weighted by atomic mass is 35.5. The minimum atomic E-state index is -0.102. The third kappa shape index (κ3) is 1.86. The lowest BCUT2D eigenvalue weighted by atomic mass is 10.2. The molecule has 0 N–H and O–H groups in total. The van der Waals surface area contributed by atoms with E-state index in [0.717, 1.165) is 11.3 Å². The van der Waals surface area contributed by atoms with Crippen molar-refractivity contribution in [1.29, 1.82) is 0 Å². The lowest BCUT2D eigenvalue weighted by Gasteiger charge is -2.03. The third-order valence-corrected chi connectivity index (χ3v) is 2.86. The van der Waals surface area contributed by atoms with E-state index in [0.29, 0.717) is 11.7 Å². The second kappa shape index (κ2) is 4.09. The topological polar surface area (TPSA) is 52.7 Å². The molecule has 0 atom stereocenters. The van der Waals surface area contributed by atoms with Gasteiger partial charge in [0.25, 0.3) is 5.56 Å². The van der Waals surface area contributed by atoms with E-state index in [1.165, 1.54) is 23.2 Å². The minimum Gasteiger partial charge on any atom is -0.295 e. The zero-order chi connectivity index (χ0) is 11.7. The quantitative estimate of drug-likeness (QED) is 0.784. The molecule has 2 heterocycles. The monoisotopic (exact) mass is 238 g/mol. The predicted octanol–water partition coefficient (Wildman–Crippen LogP) is 0.987. The molecule has 2 aromatic heterocycles. The fraction of sp³-hybridized carbons (Fsp3) is 0.300. The van der Waals surface area contributed by atoms with Crippen LogP contribution in [-0.4, -0.2) is 19.3 Å². The largest absolute Gasteiger partial charge is 0.295 e. The third-order valence-electron chi connectivity index (χ3n) is 2.39. The molecule has 84 valence electrons. The Kier molecular flexibility index (Phi) is 2.78. The van der Waals surface area contributed by atoms with Gasteiger partial charge in [-0.25, -0.2) is 4.98 Å². The standard InChI is InChI=1S/C10H11ClN4O/c1-7-8(10(11)14(2)13-7)5-15-6-12-4-3-9(15)16/h3-4,6H,5H2,1-2H3. The molecule has 2 rings (SSSR count). The Morgan fingerprint density at radius 3 is 2.81 bits per heavy atom. The number of halogens is 1. The van der Waals surface area contributed by atoms with Crippen LogP contribution in [0.25, 0.3) is 0 Å². The Labute approximate surface area is 97.3 Å². The summed E-state index contributed by atoms with van der Waals surface area (Å²) in [5, 5.41) is 4.73. The Morgan fingerprint density at radius 1 is 1.50 bits per heavy atom. The van der Waals surface area contributed by atoms with Crippen molar-refractivity contribution in [2.45, 2.75) is 13.5 Å². The van der Waals surface area contributed by atoms with E-state index in [1.807, 2.05) is 6.92 Å². The average molecular weight is 239 g/mol. The van der Waals surface area contributed by atoms with Crippen molar-refractivity contribution >= 4 is 11.6 Å². The van der Waals surface area contributed by atoms with Crippen molar-refractivity contribution in [3.63, 3.8) is 0 Å². The van der Waals surface area contributed by atoms with Crippen molar-refractivity contribution in [3.05, 3.63) is 45.4 Å². The molecule has 16 heavy (non-hydrogen) atoms. The predicted molar refractivity (Wildman–Crippen MR) is 60.6 cm³/mol. The Hall–Kier alpha value is -1.62. The van der Waals surface area contributed by atoms with E-state index in [-0.39, 0.29) is 5.56 Å². The molecule has 0 amide bonds. The number of aromatic nitrogens is 4. The van der Waals surface area contributed by atoms with Crippen molar-refractivity contribution in [3.8, 4) is 0 Å². The molecule has 0 aliphatic heterocycles. The molecule has 0 saturated heterocycles. The van der Waals surface area contributed by atoms with Crippen molar-refractivity contribution in [2.24, 2.45) is 7.05 Å². The SMILES string of the molecule is Cc1nn(C)c(Cl)c1Cn1cnccc1=O. The number of rotatable bonds is 2. The van der Waals surface area contributed by atoms with Crippen LogP contribution in [0.5, 0.6) is 0 Å². The van der Waals surface area contributed by atoms with Crippen LogP contribution in [0.3, 0.4) is 0 Å². The fourth-order valence-corrected chi connectivity index (χ4v) is 1.76. The highest BCUT2D eigenvalue weighted by Crippen LogP contribution is 2.18. The lowest BCUT2D eigenvalue weighted by molar-refractivity contribution is 0.731. The Balaban J connectivity index is 2.42. The summed E-state index contributed by atoms with van der Waals surface area (Å²) in [6.07, 6.45) is 2.96. The second-order valence-corrected chi connectivity index (χ2v) is 3.88. The lowest BCUT2D eigenvalue weighted by Crippen LogP contribution is -2.19. The van der Waals surface area contributed by atoms with Crippen LogP contribution >= 0.6 is 11.6 Å². The maximum atomic E-state index is 11.5. The normalized spacial score (nSPS) is 10.7. The van der Waals surface area contributed by atoms with Crippen LogP contribution in [0.4, 0.5) is 0 Å². The van der Waals surface area contributed by atoms with Gasteiger partial charge < -0.3 is 0 Å². The molecule has 0 bridgehead atoms. The molecule has 0 aliphatic rings. The first-order valence-corrected chi connectivity index (χ1v) is 5.16. The van der Waals surface area contributed by atoms with Gasteiger partial charge in [-0.3, -0.25) is 14.0 Å². The van der Waals surface area contributed by atoms with Crippen molar-refractivity contribution < 1.29 is 0 Å². The zero-order valence-corrected chi connectivity index (χ0v) is 9.77. The van der Waals surface area contributed by atoms with Gasteiger partial charge in [0.15, 0.2) is 0 Å². The summed E-state index contributed by atoms with van der Waals surface area (Å²) >= 11 is 6.08. The maximum absolute atomic E-state index is 11.5. The summed E-state index contributed by atoms with van der Waals surface area (Å²) in [7, 11) is 1.77. The average Bonchev–Trinajstić information content (AvgIpc) is 2.48. The van der Waals surface area contributed by atoms with Crippen molar-refractivity contribution in [1.82, 2.24) is 19.3 Å². The van der Waals surface area contributed by atoms with Crippen LogP contribution in [0.1, 0.15) is 11.3 Å². The molecular weight excluding hydrogens is 228 g/mol. The molecule has 5 nitrogen and oxygen atoms in total. The molecule has 0 aliphatic carbocycles. The molecule has 0 radical (unpaired) electrons. The Morgan fingerprint density at radius 2 is 2.25 bits per heavy atom. The molecule has 0 saturated carbocycles. The Bertz CT molecular complexity index is 572. The number of nitrogens with zero attached hydrogens (tertiary/aromatic N) is 4. The molecule has 0 unspecified atom stereocenters. The van der Waals surface area contributed by atoms with Gasteiger partial charge in [0.05, 0.1) is 18.6 Å². The first-order chi connectivity index (χ1) is 7.59. The first-order valence-electron chi connectivity index (χ1n) is 4.78. The van der Waals surface area contributed by atoms with Crippen LogP contribution in [-0.2, 0) is 13.6 Å². The van der Waals surface area contributed by atoms with Gasteiger partial charge in [-0.15, -0.1) is 0 Å². The van der Waals surface area contributed by atoms with Gasteiger partial charge in [0.1, 0.15) is 5.15 Å². The summed E-state index contributed by atoms with van der Waals surface area (Å²) in [6.45, 7) is 2.26. The van der Waals surface area contributed by atoms with E-state index in [1.54, 1.807) is 11.7 Å². The highest BCUT2D eigenvalue weighted by molar-refractivity contribution is 6.30. The van der Waals surface area contributed by atoms with Gasteiger partial charge in [0, 0.05) is 24.9 Å². The maximum Gasteiger partial charge on any atom is 0.253 e. The molecule has 6 heteroatoms. The molecule has 2 aromatic rings. The van der Waals surface area contributed by atoms with Gasteiger partial charge in [-0.1, -0.05) is 11.6 Å². The summed E-state index contributed by atoms with van der Waals surface area (Å²) < 4.78 is 3.09. The van der Waals surface area contributed by atoms with Crippen LogP contribution in [0, 0.1) is 6.92 Å². The number of aryl methyl sites for hydroxylation is 2. The minimum absolute atomic E-state index is 0.102. The van der Waals surface area contributed by atoms with Gasteiger partial charge >= 0.3 is 0 Å². The number of hydrogen-bond donors (Lipinski definition) is 0. The van der Waals surface area contributed by atoms with Gasteiger partial charge in [-0.2, -0.15) is 5.10 Å². The summed E-state index contributed by atoms with van der Waals surface area (Å²) in [4.78, 5) is 15.4. The molecular formula is C10H11ClN4O. The van der Waals surface area contributed by atoms with Gasteiger partial charge in [-0.05, 0) is 6.92 Å². The van der Waals surface area contributed by atoms with E-state index in [4.69, 9.17) is 11.6 Å². The van der Waals surface area contributed by atoms with Crippen LogP contribution in [0.2, 0.25) is 5.15 Å². The molecule has 0 spiro atoms. The van der Waals surface area contributed by atoms with E-state index in [2.05, 4.69) is 10.1 Å². The van der Waals surface area contributed by atoms with Gasteiger partial charge in [0.2, 0.25) is 0 Å². The summed E-state index contributed by atoms with van der Waals surface area (Å²) in [5.41, 5.74) is 1.57. The number of hydrogen-bond acceptors (Lipinski definition) is 3. The smallest absolute Gasteiger partial charge is 0.253 e. The van der Waals surface area contributed by atoms with E-state index >= 15 is 0 Å².